The maximum absolute atomic E-state index is 10.2. The van der Waals surface area contributed by atoms with E-state index in [1.54, 1.807) is 0 Å². The van der Waals surface area contributed by atoms with Crippen LogP contribution < -0.4 is 0 Å². The molecule has 1 N–H and O–H groups in total. The number of para-hydroxylation sites is 1. The molecule has 0 saturated carbocycles. The van der Waals surface area contributed by atoms with Gasteiger partial charge in [0.15, 0.2) is 0 Å². The van der Waals surface area contributed by atoms with E-state index in [0.29, 0.717) is 12.2 Å². The number of hydrogen-bond acceptors (Lipinski definition) is 2. The van der Waals surface area contributed by atoms with Crippen LogP contribution in [0.2, 0.25) is 0 Å². The Hall–Kier alpha value is -2.06. The fourth-order valence-corrected chi connectivity index (χ4v) is 2.10. The Bertz CT molecular complexity index is 607. The maximum atomic E-state index is 10.2. The quantitative estimate of drug-likeness (QED) is 0.754. The molecule has 90 valence electrons. The van der Waals surface area contributed by atoms with Crippen LogP contribution >= 0.6 is 0 Å². The highest BCUT2D eigenvalue weighted by molar-refractivity contribution is 5.77. The number of fused-ring (bicyclic) bond motifs is 1. The molecule has 0 amide bonds. The summed E-state index contributed by atoms with van der Waals surface area (Å²) in [6.07, 6.45) is -0.0273. The number of aliphatic hydroxyl groups is 1. The monoisotopic (exact) mass is 238 g/mol. The van der Waals surface area contributed by atoms with Gasteiger partial charge in [0.2, 0.25) is 0 Å². The normalized spacial score (nSPS) is 12.7. The van der Waals surface area contributed by atoms with Crippen LogP contribution in [0.3, 0.4) is 0 Å². The molecule has 0 aliphatic carbocycles. The number of furan rings is 1. The molecule has 1 atom stereocenters. The van der Waals surface area contributed by atoms with Crippen molar-refractivity contribution in [3.05, 3.63) is 72.0 Å². The molecule has 0 aliphatic rings. The van der Waals surface area contributed by atoms with E-state index in [9.17, 15) is 5.11 Å². The first-order chi connectivity index (χ1) is 8.83. The SMILES string of the molecule is OC(Cc1ccccc1)c1cc2ccccc2o1. The lowest BCUT2D eigenvalue weighted by Gasteiger charge is -2.07. The highest BCUT2D eigenvalue weighted by Gasteiger charge is 2.13. The lowest BCUT2D eigenvalue weighted by atomic mass is 10.1. The van der Waals surface area contributed by atoms with E-state index in [4.69, 9.17) is 4.42 Å². The molecule has 0 spiro atoms. The van der Waals surface area contributed by atoms with Gasteiger partial charge in [-0.25, -0.2) is 0 Å². The molecule has 0 fully saturated rings. The van der Waals surface area contributed by atoms with Crippen molar-refractivity contribution in [2.45, 2.75) is 12.5 Å². The standard InChI is InChI=1S/C16H14O2/c17-14(10-12-6-2-1-3-7-12)16-11-13-8-4-5-9-15(13)18-16/h1-9,11,14,17H,10H2. The van der Waals surface area contributed by atoms with Gasteiger partial charge in [0, 0.05) is 11.8 Å². The molecule has 1 unspecified atom stereocenters. The van der Waals surface area contributed by atoms with Crippen LogP contribution in [0.25, 0.3) is 11.0 Å². The fourth-order valence-electron chi connectivity index (χ4n) is 2.10. The highest BCUT2D eigenvalue weighted by Crippen LogP contribution is 2.25. The van der Waals surface area contributed by atoms with Gasteiger partial charge in [-0.05, 0) is 17.7 Å². The van der Waals surface area contributed by atoms with Crippen LogP contribution in [0.5, 0.6) is 0 Å². The molecule has 1 heterocycles. The fraction of sp³-hybridized carbons (Fsp3) is 0.125. The predicted octanol–water partition coefficient (Wildman–Crippen LogP) is 3.71. The topological polar surface area (TPSA) is 33.4 Å². The van der Waals surface area contributed by atoms with Gasteiger partial charge in [-0.3, -0.25) is 0 Å². The molecule has 0 aliphatic heterocycles. The lowest BCUT2D eigenvalue weighted by Crippen LogP contribution is -1.99. The minimum Gasteiger partial charge on any atom is -0.458 e. The molecule has 2 aromatic carbocycles. The van der Waals surface area contributed by atoms with Gasteiger partial charge in [-0.1, -0.05) is 48.5 Å². The molecular weight excluding hydrogens is 224 g/mol. The van der Waals surface area contributed by atoms with Gasteiger partial charge in [0.05, 0.1) is 0 Å². The second kappa shape index (κ2) is 4.67. The number of benzene rings is 2. The Labute approximate surface area is 105 Å². The molecular formula is C16H14O2. The van der Waals surface area contributed by atoms with Gasteiger partial charge in [-0.15, -0.1) is 0 Å². The molecule has 18 heavy (non-hydrogen) atoms. The van der Waals surface area contributed by atoms with E-state index in [2.05, 4.69) is 0 Å². The first-order valence-corrected chi connectivity index (χ1v) is 6.03. The minimum absolute atomic E-state index is 0.570. The predicted molar refractivity (Wildman–Crippen MR) is 71.3 cm³/mol. The largest absolute Gasteiger partial charge is 0.458 e. The Morgan fingerprint density at radius 1 is 0.944 bits per heavy atom. The summed E-state index contributed by atoms with van der Waals surface area (Å²) in [5.74, 6) is 0.625. The van der Waals surface area contributed by atoms with E-state index < -0.39 is 6.10 Å². The summed E-state index contributed by atoms with van der Waals surface area (Å²) in [4.78, 5) is 0. The molecule has 2 nitrogen and oxygen atoms in total. The van der Waals surface area contributed by atoms with Crippen molar-refractivity contribution in [1.82, 2.24) is 0 Å². The summed E-state index contributed by atoms with van der Waals surface area (Å²) in [5.41, 5.74) is 1.92. The van der Waals surface area contributed by atoms with Crippen molar-refractivity contribution >= 4 is 11.0 Å². The third kappa shape index (κ3) is 2.15. The summed E-state index contributed by atoms with van der Waals surface area (Å²) >= 11 is 0. The molecule has 0 radical (unpaired) electrons. The van der Waals surface area contributed by atoms with Crippen LogP contribution in [-0.4, -0.2) is 5.11 Å². The van der Waals surface area contributed by atoms with Crippen LogP contribution in [0.15, 0.2) is 65.1 Å². The van der Waals surface area contributed by atoms with Crippen molar-refractivity contribution < 1.29 is 9.52 Å². The zero-order chi connectivity index (χ0) is 12.4. The number of rotatable bonds is 3. The van der Waals surface area contributed by atoms with Crippen LogP contribution in [0.4, 0.5) is 0 Å². The van der Waals surface area contributed by atoms with Crippen molar-refractivity contribution in [3.63, 3.8) is 0 Å². The minimum atomic E-state index is -0.597. The maximum Gasteiger partial charge on any atom is 0.134 e. The number of hydrogen-bond donors (Lipinski definition) is 1. The van der Waals surface area contributed by atoms with E-state index in [1.165, 1.54) is 0 Å². The Morgan fingerprint density at radius 2 is 1.67 bits per heavy atom. The summed E-state index contributed by atoms with van der Waals surface area (Å²) in [6, 6.07) is 19.6. The first-order valence-electron chi connectivity index (χ1n) is 6.03. The third-order valence-corrected chi connectivity index (χ3v) is 3.04. The molecule has 0 bridgehead atoms. The van der Waals surface area contributed by atoms with Crippen molar-refractivity contribution in [2.24, 2.45) is 0 Å². The highest BCUT2D eigenvalue weighted by atomic mass is 16.4. The van der Waals surface area contributed by atoms with E-state index in [-0.39, 0.29) is 0 Å². The molecule has 3 aromatic rings. The molecule has 1 aromatic heterocycles. The van der Waals surface area contributed by atoms with Crippen LogP contribution in [-0.2, 0) is 6.42 Å². The average molecular weight is 238 g/mol. The van der Waals surface area contributed by atoms with Gasteiger partial charge in [0.1, 0.15) is 17.4 Å². The second-order valence-electron chi connectivity index (χ2n) is 4.39. The molecule has 0 saturated heterocycles. The van der Waals surface area contributed by atoms with Gasteiger partial charge >= 0.3 is 0 Å². The van der Waals surface area contributed by atoms with Crippen molar-refractivity contribution in [2.75, 3.05) is 0 Å². The van der Waals surface area contributed by atoms with Crippen molar-refractivity contribution in [1.29, 1.82) is 0 Å². The van der Waals surface area contributed by atoms with Crippen LogP contribution in [0, 0.1) is 0 Å². The Kier molecular flexibility index (Phi) is 2.87. The smallest absolute Gasteiger partial charge is 0.134 e. The summed E-state index contributed by atoms with van der Waals surface area (Å²) < 4.78 is 5.65. The Morgan fingerprint density at radius 3 is 2.44 bits per heavy atom. The summed E-state index contributed by atoms with van der Waals surface area (Å²) in [7, 11) is 0. The van der Waals surface area contributed by atoms with E-state index >= 15 is 0 Å². The Balaban J connectivity index is 1.86. The first kappa shape index (κ1) is 11.1. The second-order valence-corrected chi connectivity index (χ2v) is 4.39. The van der Waals surface area contributed by atoms with Gasteiger partial charge in [-0.2, -0.15) is 0 Å². The third-order valence-electron chi connectivity index (χ3n) is 3.04. The zero-order valence-electron chi connectivity index (χ0n) is 9.91. The van der Waals surface area contributed by atoms with Crippen molar-refractivity contribution in [3.8, 4) is 0 Å². The summed E-state index contributed by atoms with van der Waals surface area (Å²) in [6.45, 7) is 0. The van der Waals surface area contributed by atoms with E-state index in [1.807, 2.05) is 60.7 Å². The van der Waals surface area contributed by atoms with Gasteiger partial charge < -0.3 is 9.52 Å². The van der Waals surface area contributed by atoms with E-state index in [0.717, 1.165) is 16.5 Å². The average Bonchev–Trinajstić information content (AvgIpc) is 2.84. The van der Waals surface area contributed by atoms with Gasteiger partial charge in [0.25, 0.3) is 0 Å². The molecule has 3 rings (SSSR count). The summed E-state index contributed by atoms with van der Waals surface area (Å²) in [5, 5.41) is 11.2. The molecule has 2 heteroatoms. The number of aliphatic hydroxyl groups excluding tert-OH is 1. The zero-order valence-corrected chi connectivity index (χ0v) is 9.91. The van der Waals surface area contributed by atoms with Crippen LogP contribution in [0.1, 0.15) is 17.4 Å². The lowest BCUT2D eigenvalue weighted by molar-refractivity contribution is 0.152.